The Bertz CT molecular complexity index is 1070. The number of anilines is 1. The molecule has 32 heavy (non-hydrogen) atoms. The predicted molar refractivity (Wildman–Crippen MR) is 123 cm³/mol. The third-order valence-electron chi connectivity index (χ3n) is 6.24. The Morgan fingerprint density at radius 3 is 2.75 bits per heavy atom. The number of benzene rings is 2. The first-order valence-corrected chi connectivity index (χ1v) is 11.0. The molecule has 3 atom stereocenters. The molecule has 0 aliphatic carbocycles. The monoisotopic (exact) mass is 433 g/mol. The zero-order valence-corrected chi connectivity index (χ0v) is 18.1. The van der Waals surface area contributed by atoms with Crippen LogP contribution in [0.15, 0.2) is 66.9 Å². The minimum absolute atomic E-state index is 0.105. The van der Waals surface area contributed by atoms with Gasteiger partial charge in [-0.1, -0.05) is 42.5 Å². The van der Waals surface area contributed by atoms with E-state index in [-0.39, 0.29) is 11.9 Å². The Labute approximate surface area is 187 Å². The summed E-state index contributed by atoms with van der Waals surface area (Å²) in [5.74, 6) is -1.73. The lowest BCUT2D eigenvalue weighted by Gasteiger charge is -2.33. The second-order valence-electron chi connectivity index (χ2n) is 8.35. The lowest BCUT2D eigenvalue weighted by molar-refractivity contribution is -0.138. The number of hydrogen-bond acceptors (Lipinski definition) is 4. The summed E-state index contributed by atoms with van der Waals surface area (Å²) >= 11 is 0. The molecule has 0 fully saturated rings. The standard InChI is InChI=1S/C26H28FN3O2/c1-17(26(31)32)20-10-9-18(22(27)14-20)11-13-29-25(19-6-3-2-4-7-19)21-15-24-23(30-16-21)8-5-12-28-24/h2-10,12,14,17,21,25,29-30H,11,13,15-16H2,1H3,(H,31,32)/t17-,21-,25-/m1/s1. The van der Waals surface area contributed by atoms with E-state index in [2.05, 4.69) is 33.8 Å². The quantitative estimate of drug-likeness (QED) is 0.485. The van der Waals surface area contributed by atoms with Crippen LogP contribution in [0, 0.1) is 11.7 Å². The maximum Gasteiger partial charge on any atom is 0.310 e. The number of nitrogens with zero attached hydrogens (tertiary/aromatic N) is 1. The molecule has 1 aromatic heterocycles. The van der Waals surface area contributed by atoms with E-state index in [9.17, 15) is 9.18 Å². The van der Waals surface area contributed by atoms with Gasteiger partial charge in [0.1, 0.15) is 5.82 Å². The average molecular weight is 434 g/mol. The first-order chi connectivity index (χ1) is 15.5. The largest absolute Gasteiger partial charge is 0.481 e. The lowest BCUT2D eigenvalue weighted by atomic mass is 9.86. The molecular formula is C26H28FN3O2. The van der Waals surface area contributed by atoms with Crippen molar-refractivity contribution in [1.82, 2.24) is 10.3 Å². The van der Waals surface area contributed by atoms with E-state index in [4.69, 9.17) is 5.11 Å². The molecule has 0 saturated carbocycles. The van der Waals surface area contributed by atoms with E-state index in [1.54, 1.807) is 19.1 Å². The van der Waals surface area contributed by atoms with Crippen LogP contribution >= 0.6 is 0 Å². The minimum atomic E-state index is -0.957. The molecule has 0 spiro atoms. The molecule has 1 aliphatic heterocycles. The zero-order valence-electron chi connectivity index (χ0n) is 18.1. The molecule has 0 bridgehead atoms. The topological polar surface area (TPSA) is 74.2 Å². The Kier molecular flexibility index (Phi) is 6.81. The Morgan fingerprint density at radius 2 is 2.00 bits per heavy atom. The van der Waals surface area contributed by atoms with Crippen molar-refractivity contribution in [2.75, 3.05) is 18.4 Å². The number of aromatic nitrogens is 1. The van der Waals surface area contributed by atoms with Crippen molar-refractivity contribution < 1.29 is 14.3 Å². The highest BCUT2D eigenvalue weighted by Crippen LogP contribution is 2.31. The number of carbonyl (C=O) groups is 1. The number of aliphatic carboxylic acids is 1. The fourth-order valence-corrected chi connectivity index (χ4v) is 4.32. The average Bonchev–Trinajstić information content (AvgIpc) is 2.82. The lowest BCUT2D eigenvalue weighted by Crippen LogP contribution is -2.37. The second kappa shape index (κ2) is 9.92. The third kappa shape index (κ3) is 4.97. The van der Waals surface area contributed by atoms with Crippen LogP contribution in [0.1, 0.15) is 41.3 Å². The number of pyridine rings is 1. The summed E-state index contributed by atoms with van der Waals surface area (Å²) in [6, 6.07) is 19.2. The highest BCUT2D eigenvalue weighted by Gasteiger charge is 2.27. The van der Waals surface area contributed by atoms with Gasteiger partial charge >= 0.3 is 5.97 Å². The maximum atomic E-state index is 14.6. The Morgan fingerprint density at radius 1 is 1.19 bits per heavy atom. The van der Waals surface area contributed by atoms with Crippen molar-refractivity contribution in [3.63, 3.8) is 0 Å². The van der Waals surface area contributed by atoms with Crippen LogP contribution < -0.4 is 10.6 Å². The minimum Gasteiger partial charge on any atom is -0.481 e. The predicted octanol–water partition coefficient (Wildman–Crippen LogP) is 4.57. The second-order valence-corrected chi connectivity index (χ2v) is 8.35. The normalized spacial score (nSPS) is 17.1. The molecule has 0 unspecified atom stereocenters. The number of rotatable bonds is 8. The van der Waals surface area contributed by atoms with Crippen LogP contribution in [0.5, 0.6) is 0 Å². The van der Waals surface area contributed by atoms with Crippen molar-refractivity contribution in [2.45, 2.75) is 31.7 Å². The molecule has 3 N–H and O–H groups in total. The molecule has 6 heteroatoms. The first kappa shape index (κ1) is 22.0. The van der Waals surface area contributed by atoms with Gasteiger partial charge in [0.15, 0.2) is 0 Å². The van der Waals surface area contributed by atoms with E-state index >= 15 is 0 Å². The molecule has 166 valence electrons. The van der Waals surface area contributed by atoms with Crippen LogP contribution in [0.2, 0.25) is 0 Å². The van der Waals surface area contributed by atoms with Gasteiger partial charge < -0.3 is 15.7 Å². The number of hydrogen-bond donors (Lipinski definition) is 3. The summed E-state index contributed by atoms with van der Waals surface area (Å²) in [6.45, 7) is 3.01. The third-order valence-corrected chi connectivity index (χ3v) is 6.24. The van der Waals surface area contributed by atoms with Crippen molar-refractivity contribution in [3.05, 3.63) is 95.1 Å². The molecule has 5 nitrogen and oxygen atoms in total. The fraction of sp³-hybridized carbons (Fsp3) is 0.308. The van der Waals surface area contributed by atoms with Crippen molar-refractivity contribution >= 4 is 11.7 Å². The first-order valence-electron chi connectivity index (χ1n) is 11.0. The van der Waals surface area contributed by atoms with Gasteiger partial charge in [-0.25, -0.2) is 4.39 Å². The van der Waals surface area contributed by atoms with Crippen LogP contribution in [0.25, 0.3) is 0 Å². The number of fused-ring (bicyclic) bond motifs is 1. The zero-order chi connectivity index (χ0) is 22.5. The SMILES string of the molecule is C[C@@H](C(=O)O)c1ccc(CCN[C@H](c2ccccc2)[C@H]2CNc3cccnc3C2)c(F)c1. The van der Waals surface area contributed by atoms with E-state index in [1.807, 2.05) is 30.5 Å². The Hall–Kier alpha value is -3.25. The summed E-state index contributed by atoms with van der Waals surface area (Å²) in [6.07, 6.45) is 3.21. The molecule has 1 aliphatic rings. The van der Waals surface area contributed by atoms with E-state index in [0.717, 1.165) is 24.3 Å². The number of nitrogens with one attached hydrogen (secondary N) is 2. The number of halogens is 1. The van der Waals surface area contributed by atoms with Crippen LogP contribution in [-0.4, -0.2) is 29.1 Å². The van der Waals surface area contributed by atoms with E-state index in [0.29, 0.717) is 30.0 Å². The molecule has 0 amide bonds. The smallest absolute Gasteiger partial charge is 0.310 e. The summed E-state index contributed by atoms with van der Waals surface area (Å²) < 4.78 is 14.6. The molecule has 2 heterocycles. The summed E-state index contributed by atoms with van der Waals surface area (Å²) in [5.41, 5.74) is 4.42. The molecule has 4 rings (SSSR count). The number of carboxylic acid groups (broad SMARTS) is 1. The van der Waals surface area contributed by atoms with Crippen molar-refractivity contribution in [3.8, 4) is 0 Å². The van der Waals surface area contributed by atoms with Crippen LogP contribution in [-0.2, 0) is 17.6 Å². The van der Waals surface area contributed by atoms with Gasteiger partial charge in [-0.05, 0) is 61.2 Å². The van der Waals surface area contributed by atoms with Crippen molar-refractivity contribution in [2.24, 2.45) is 5.92 Å². The molecule has 3 aromatic rings. The van der Waals surface area contributed by atoms with E-state index in [1.165, 1.54) is 11.6 Å². The fourth-order valence-electron chi connectivity index (χ4n) is 4.32. The van der Waals surface area contributed by atoms with Crippen LogP contribution in [0.4, 0.5) is 10.1 Å². The summed E-state index contributed by atoms with van der Waals surface area (Å²) in [7, 11) is 0. The van der Waals surface area contributed by atoms with Gasteiger partial charge in [-0.15, -0.1) is 0 Å². The van der Waals surface area contributed by atoms with Crippen LogP contribution in [0.3, 0.4) is 0 Å². The molecule has 0 saturated heterocycles. The maximum absolute atomic E-state index is 14.6. The summed E-state index contributed by atoms with van der Waals surface area (Å²) in [5, 5.41) is 16.3. The Balaban J connectivity index is 1.46. The summed E-state index contributed by atoms with van der Waals surface area (Å²) in [4.78, 5) is 15.7. The van der Waals surface area contributed by atoms with Gasteiger partial charge in [0, 0.05) is 24.7 Å². The van der Waals surface area contributed by atoms with Gasteiger partial charge in [0.25, 0.3) is 0 Å². The van der Waals surface area contributed by atoms with Gasteiger partial charge in [-0.3, -0.25) is 9.78 Å². The molecule has 2 aromatic carbocycles. The van der Waals surface area contributed by atoms with Gasteiger partial charge in [0.05, 0.1) is 17.3 Å². The highest BCUT2D eigenvalue weighted by molar-refractivity contribution is 5.75. The van der Waals surface area contributed by atoms with E-state index < -0.39 is 11.9 Å². The highest BCUT2D eigenvalue weighted by atomic mass is 19.1. The molecular weight excluding hydrogens is 405 g/mol. The van der Waals surface area contributed by atoms with Gasteiger partial charge in [-0.2, -0.15) is 0 Å². The van der Waals surface area contributed by atoms with Crippen molar-refractivity contribution in [1.29, 1.82) is 0 Å². The van der Waals surface area contributed by atoms with Gasteiger partial charge in [0.2, 0.25) is 0 Å². The molecule has 0 radical (unpaired) electrons. The number of carboxylic acids is 1.